The number of hydrogen-bond donors (Lipinski definition) is 2. The Kier molecular flexibility index (Phi) is 6.39. The molecule has 0 atom stereocenters. The van der Waals surface area contributed by atoms with Gasteiger partial charge >= 0.3 is 0 Å². The van der Waals surface area contributed by atoms with Gasteiger partial charge in [-0.25, -0.2) is 0 Å². The van der Waals surface area contributed by atoms with Crippen LogP contribution in [0.25, 0.3) is 10.9 Å². The van der Waals surface area contributed by atoms with Gasteiger partial charge in [-0.15, -0.1) is 0 Å². The number of aromatic nitrogens is 1. The Hall–Kier alpha value is -4.43. The molecule has 0 saturated carbocycles. The molecule has 2 amide bonds. The lowest BCUT2D eigenvalue weighted by atomic mass is 10.1. The standard InChI is InChI=1S/C30H28N4O4/c1-19-3-7-23(32-29(35)22-6-10-27-28(16-22)38-14-13-37-27)17-26(19)33-30(36)21-5-9-25-20(15-21)4-8-24(31-25)18-34-11-2-12-34/h3-10,15-17H,2,11-14,18H2,1H3,(H,32,35)(H,33,36). The normalized spacial score (nSPS) is 14.6. The van der Waals surface area contributed by atoms with Crippen LogP contribution in [0, 0.1) is 6.92 Å². The van der Waals surface area contributed by atoms with Gasteiger partial charge < -0.3 is 20.1 Å². The number of fused-ring (bicyclic) bond motifs is 2. The number of likely N-dealkylation sites (tertiary alicyclic amines) is 1. The summed E-state index contributed by atoms with van der Waals surface area (Å²) in [4.78, 5) is 33.1. The van der Waals surface area contributed by atoms with Gasteiger partial charge in [-0.1, -0.05) is 12.1 Å². The first-order valence-corrected chi connectivity index (χ1v) is 12.8. The van der Waals surface area contributed by atoms with Crippen molar-refractivity contribution in [1.82, 2.24) is 9.88 Å². The average molecular weight is 509 g/mol. The minimum absolute atomic E-state index is 0.227. The molecule has 3 heterocycles. The van der Waals surface area contributed by atoms with Crippen molar-refractivity contribution in [3.05, 3.63) is 89.1 Å². The zero-order chi connectivity index (χ0) is 26.1. The van der Waals surface area contributed by atoms with E-state index >= 15 is 0 Å². The summed E-state index contributed by atoms with van der Waals surface area (Å²) in [6, 6.07) is 20.1. The summed E-state index contributed by atoms with van der Waals surface area (Å²) in [6.07, 6.45) is 1.25. The summed E-state index contributed by atoms with van der Waals surface area (Å²) in [5.74, 6) is 0.678. The molecule has 3 aromatic carbocycles. The topological polar surface area (TPSA) is 92.8 Å². The summed E-state index contributed by atoms with van der Waals surface area (Å²) >= 11 is 0. The molecular formula is C30H28N4O4. The molecule has 2 aliphatic rings. The lowest BCUT2D eigenvalue weighted by Gasteiger charge is -2.30. The lowest BCUT2D eigenvalue weighted by Crippen LogP contribution is -2.36. The van der Waals surface area contributed by atoms with Gasteiger partial charge in [0.1, 0.15) is 13.2 Å². The van der Waals surface area contributed by atoms with E-state index in [0.29, 0.717) is 47.2 Å². The van der Waals surface area contributed by atoms with Crippen LogP contribution < -0.4 is 20.1 Å². The molecule has 2 N–H and O–H groups in total. The number of benzene rings is 3. The number of anilines is 2. The largest absolute Gasteiger partial charge is 0.486 e. The number of carbonyl (C=O) groups is 2. The predicted molar refractivity (Wildman–Crippen MR) is 146 cm³/mol. The fourth-order valence-electron chi connectivity index (χ4n) is 4.58. The Balaban J connectivity index is 1.15. The van der Waals surface area contributed by atoms with E-state index in [1.165, 1.54) is 6.42 Å². The molecule has 0 unspecified atom stereocenters. The molecule has 6 rings (SSSR count). The third-order valence-electron chi connectivity index (χ3n) is 6.89. The van der Waals surface area contributed by atoms with Crippen LogP contribution in [0.4, 0.5) is 11.4 Å². The summed E-state index contributed by atoms with van der Waals surface area (Å²) in [5, 5.41) is 6.80. The fraction of sp³-hybridized carbons (Fsp3) is 0.233. The van der Waals surface area contributed by atoms with E-state index in [1.807, 2.05) is 37.3 Å². The number of amides is 2. The van der Waals surface area contributed by atoms with Crippen molar-refractivity contribution >= 4 is 34.1 Å². The van der Waals surface area contributed by atoms with E-state index in [2.05, 4.69) is 15.5 Å². The molecule has 0 aliphatic carbocycles. The first kappa shape index (κ1) is 23.9. The van der Waals surface area contributed by atoms with E-state index in [-0.39, 0.29) is 11.8 Å². The molecule has 1 aromatic heterocycles. The molecule has 0 spiro atoms. The number of aryl methyl sites for hydroxylation is 1. The van der Waals surface area contributed by atoms with E-state index < -0.39 is 0 Å². The van der Waals surface area contributed by atoms with Crippen molar-refractivity contribution in [3.63, 3.8) is 0 Å². The number of hydrogen-bond acceptors (Lipinski definition) is 6. The summed E-state index contributed by atoms with van der Waals surface area (Å²) in [7, 11) is 0. The summed E-state index contributed by atoms with van der Waals surface area (Å²) in [5.41, 5.74) is 4.99. The van der Waals surface area contributed by atoms with Gasteiger partial charge in [0.25, 0.3) is 11.8 Å². The number of ether oxygens (including phenoxy) is 2. The SMILES string of the molecule is Cc1ccc(NC(=O)c2ccc3c(c2)OCCO3)cc1NC(=O)c1ccc2nc(CN3CCC3)ccc2c1. The molecule has 1 saturated heterocycles. The predicted octanol–water partition coefficient (Wildman–Crippen LogP) is 5.02. The molecule has 4 aromatic rings. The molecule has 0 radical (unpaired) electrons. The number of nitrogens with one attached hydrogen (secondary N) is 2. The highest BCUT2D eigenvalue weighted by molar-refractivity contribution is 6.08. The number of carbonyl (C=O) groups excluding carboxylic acids is 2. The van der Waals surface area contributed by atoms with Crippen molar-refractivity contribution < 1.29 is 19.1 Å². The van der Waals surface area contributed by atoms with Crippen LogP contribution in [-0.2, 0) is 6.54 Å². The highest BCUT2D eigenvalue weighted by Crippen LogP contribution is 2.31. The van der Waals surface area contributed by atoms with E-state index in [0.717, 1.165) is 41.8 Å². The second kappa shape index (κ2) is 10.1. The average Bonchev–Trinajstić information content (AvgIpc) is 2.92. The first-order valence-electron chi connectivity index (χ1n) is 12.8. The third kappa shape index (κ3) is 5.03. The molecule has 2 aliphatic heterocycles. The highest BCUT2D eigenvalue weighted by Gasteiger charge is 2.17. The molecule has 8 nitrogen and oxygen atoms in total. The molecule has 192 valence electrons. The summed E-state index contributed by atoms with van der Waals surface area (Å²) in [6.45, 7) is 5.97. The van der Waals surface area contributed by atoms with Crippen LogP contribution in [0.1, 0.15) is 38.4 Å². The number of rotatable bonds is 6. The van der Waals surface area contributed by atoms with Gasteiger partial charge in [0.2, 0.25) is 0 Å². The van der Waals surface area contributed by atoms with Crippen molar-refractivity contribution in [2.75, 3.05) is 36.9 Å². The number of pyridine rings is 1. The second-order valence-electron chi connectivity index (χ2n) is 9.64. The minimum Gasteiger partial charge on any atom is -0.486 e. The zero-order valence-electron chi connectivity index (χ0n) is 21.1. The zero-order valence-corrected chi connectivity index (χ0v) is 21.1. The maximum absolute atomic E-state index is 13.1. The second-order valence-corrected chi connectivity index (χ2v) is 9.64. The molecule has 1 fully saturated rings. The quantitative estimate of drug-likeness (QED) is 0.380. The number of nitrogens with zero attached hydrogens (tertiary/aromatic N) is 2. The fourth-order valence-corrected chi connectivity index (χ4v) is 4.58. The maximum atomic E-state index is 13.1. The van der Waals surface area contributed by atoms with Gasteiger partial charge in [-0.2, -0.15) is 0 Å². The molecular weight excluding hydrogens is 480 g/mol. The first-order chi connectivity index (χ1) is 18.5. The van der Waals surface area contributed by atoms with Gasteiger partial charge in [-0.3, -0.25) is 19.5 Å². The van der Waals surface area contributed by atoms with Gasteiger partial charge in [0, 0.05) is 34.4 Å². The highest BCUT2D eigenvalue weighted by atomic mass is 16.6. The van der Waals surface area contributed by atoms with Crippen LogP contribution in [0.5, 0.6) is 11.5 Å². The summed E-state index contributed by atoms with van der Waals surface area (Å²) < 4.78 is 11.1. The van der Waals surface area contributed by atoms with Crippen LogP contribution in [-0.4, -0.2) is 48.0 Å². The minimum atomic E-state index is -0.279. The van der Waals surface area contributed by atoms with Crippen molar-refractivity contribution in [1.29, 1.82) is 0 Å². The monoisotopic (exact) mass is 508 g/mol. The molecule has 38 heavy (non-hydrogen) atoms. The Morgan fingerprint density at radius 3 is 2.42 bits per heavy atom. The van der Waals surface area contributed by atoms with Gasteiger partial charge in [0.05, 0.1) is 11.2 Å². The Morgan fingerprint density at radius 1 is 0.842 bits per heavy atom. The van der Waals surface area contributed by atoms with Crippen LogP contribution in [0.2, 0.25) is 0 Å². The van der Waals surface area contributed by atoms with Gasteiger partial charge in [0.15, 0.2) is 11.5 Å². The van der Waals surface area contributed by atoms with Crippen molar-refractivity contribution in [2.45, 2.75) is 19.9 Å². The maximum Gasteiger partial charge on any atom is 0.255 e. The lowest BCUT2D eigenvalue weighted by molar-refractivity contribution is 0.101. The Morgan fingerprint density at radius 2 is 1.61 bits per heavy atom. The molecule has 8 heteroatoms. The third-order valence-corrected chi connectivity index (χ3v) is 6.89. The Labute approximate surface area is 220 Å². The van der Waals surface area contributed by atoms with Crippen LogP contribution >= 0.6 is 0 Å². The van der Waals surface area contributed by atoms with E-state index in [1.54, 1.807) is 36.4 Å². The van der Waals surface area contributed by atoms with Crippen molar-refractivity contribution in [2.24, 2.45) is 0 Å². The Bertz CT molecular complexity index is 1550. The van der Waals surface area contributed by atoms with Gasteiger partial charge in [-0.05, 0) is 86.6 Å². The van der Waals surface area contributed by atoms with Crippen LogP contribution in [0.15, 0.2) is 66.7 Å². The van der Waals surface area contributed by atoms with E-state index in [9.17, 15) is 9.59 Å². The smallest absolute Gasteiger partial charge is 0.255 e. The van der Waals surface area contributed by atoms with Crippen molar-refractivity contribution in [3.8, 4) is 11.5 Å². The van der Waals surface area contributed by atoms with E-state index in [4.69, 9.17) is 14.5 Å². The molecule has 0 bridgehead atoms. The van der Waals surface area contributed by atoms with Crippen LogP contribution in [0.3, 0.4) is 0 Å².